The second-order valence-corrected chi connectivity index (χ2v) is 8.56. The Labute approximate surface area is 210 Å². The molecule has 0 aromatic heterocycles. The van der Waals surface area contributed by atoms with Crippen LogP contribution in [0.4, 0.5) is 5.69 Å². The van der Waals surface area contributed by atoms with Crippen LogP contribution in [0.15, 0.2) is 66.2 Å². The minimum absolute atomic E-state index is 0.0368. The summed E-state index contributed by atoms with van der Waals surface area (Å²) in [6, 6.07) is 15.9. The first-order valence-corrected chi connectivity index (χ1v) is 11.8. The number of hydrogen-bond donors (Lipinski definition) is 2. The van der Waals surface area contributed by atoms with E-state index in [-0.39, 0.29) is 22.8 Å². The summed E-state index contributed by atoms with van der Waals surface area (Å²) in [5.74, 6) is -1.03. The van der Waals surface area contributed by atoms with Crippen LogP contribution in [-0.4, -0.2) is 35.1 Å². The van der Waals surface area contributed by atoms with Gasteiger partial charge in [0.2, 0.25) is 0 Å². The fourth-order valence-electron chi connectivity index (χ4n) is 4.30. The molecule has 1 unspecified atom stereocenters. The van der Waals surface area contributed by atoms with Crippen LogP contribution in [0.1, 0.15) is 42.1 Å². The topological polar surface area (TPSA) is 96.3 Å². The van der Waals surface area contributed by atoms with Gasteiger partial charge in [0.1, 0.15) is 11.5 Å². The van der Waals surface area contributed by atoms with E-state index in [0.29, 0.717) is 35.8 Å². The molecular weight excluding hydrogens is 458 g/mol. The molecule has 1 heterocycles. The van der Waals surface area contributed by atoms with Crippen molar-refractivity contribution < 1.29 is 29.3 Å². The number of carbonyl (C=O) groups excluding carboxylic acids is 2. The summed E-state index contributed by atoms with van der Waals surface area (Å²) in [6.45, 7) is 8.34. The van der Waals surface area contributed by atoms with E-state index in [1.54, 1.807) is 55.5 Å². The van der Waals surface area contributed by atoms with Gasteiger partial charge in [0.25, 0.3) is 11.7 Å². The summed E-state index contributed by atoms with van der Waals surface area (Å²) in [5.41, 5.74) is 3.37. The Hall–Kier alpha value is -4.26. The molecule has 4 rings (SSSR count). The van der Waals surface area contributed by atoms with Gasteiger partial charge in [0, 0.05) is 11.3 Å². The monoisotopic (exact) mass is 487 g/mol. The van der Waals surface area contributed by atoms with Gasteiger partial charge in [-0.15, -0.1) is 0 Å². The Morgan fingerprint density at radius 2 is 1.58 bits per heavy atom. The molecule has 3 aromatic rings. The smallest absolute Gasteiger partial charge is 0.300 e. The number of anilines is 1. The molecule has 2 N–H and O–H groups in total. The fourth-order valence-corrected chi connectivity index (χ4v) is 4.30. The molecule has 0 saturated carbocycles. The number of aliphatic hydroxyl groups is 1. The van der Waals surface area contributed by atoms with Crippen molar-refractivity contribution in [1.82, 2.24) is 0 Å². The van der Waals surface area contributed by atoms with Gasteiger partial charge in [-0.2, -0.15) is 0 Å². The van der Waals surface area contributed by atoms with Crippen molar-refractivity contribution in [2.24, 2.45) is 0 Å². The van der Waals surface area contributed by atoms with Crippen LogP contribution in [0.25, 0.3) is 5.76 Å². The molecule has 186 valence electrons. The van der Waals surface area contributed by atoms with Gasteiger partial charge in [0.05, 0.1) is 24.8 Å². The van der Waals surface area contributed by atoms with E-state index < -0.39 is 17.7 Å². The summed E-state index contributed by atoms with van der Waals surface area (Å²) in [7, 11) is 0. The number of rotatable bonds is 7. The third kappa shape index (κ3) is 4.52. The van der Waals surface area contributed by atoms with Crippen molar-refractivity contribution in [2.45, 2.75) is 33.7 Å². The predicted molar refractivity (Wildman–Crippen MR) is 138 cm³/mol. The Morgan fingerprint density at radius 1 is 0.889 bits per heavy atom. The number of hydrogen-bond acceptors (Lipinski definition) is 6. The van der Waals surface area contributed by atoms with Gasteiger partial charge in [-0.05, 0) is 86.8 Å². The van der Waals surface area contributed by atoms with E-state index in [1.807, 2.05) is 26.8 Å². The average molecular weight is 488 g/mol. The lowest BCUT2D eigenvalue weighted by atomic mass is 9.94. The molecule has 7 nitrogen and oxygen atoms in total. The lowest BCUT2D eigenvalue weighted by Gasteiger charge is -2.26. The highest BCUT2D eigenvalue weighted by molar-refractivity contribution is 6.51. The minimum atomic E-state index is -0.940. The number of amides is 1. The van der Waals surface area contributed by atoms with Crippen molar-refractivity contribution in [3.05, 3.63) is 88.5 Å². The first-order chi connectivity index (χ1) is 17.3. The van der Waals surface area contributed by atoms with Crippen LogP contribution < -0.4 is 14.4 Å². The summed E-state index contributed by atoms with van der Waals surface area (Å²) < 4.78 is 11.1. The highest BCUT2D eigenvalue weighted by Gasteiger charge is 2.47. The molecule has 0 aliphatic carbocycles. The van der Waals surface area contributed by atoms with E-state index in [0.717, 1.165) is 11.1 Å². The molecule has 1 fully saturated rings. The number of ketones is 1. The second-order valence-electron chi connectivity index (χ2n) is 8.56. The number of Topliss-reactive ketones (excluding diaryl/α,β-unsaturated/α-hetero) is 1. The highest BCUT2D eigenvalue weighted by atomic mass is 16.5. The molecule has 1 aliphatic heterocycles. The third-order valence-electron chi connectivity index (χ3n) is 6.25. The number of carbonyl (C=O) groups is 2. The van der Waals surface area contributed by atoms with Gasteiger partial charge < -0.3 is 19.7 Å². The lowest BCUT2D eigenvalue weighted by Crippen LogP contribution is -2.29. The van der Waals surface area contributed by atoms with Gasteiger partial charge in [0.15, 0.2) is 11.5 Å². The SMILES string of the molecule is CCOc1ccc(N2C(=O)C(=O)/C(=C(\O)c3ccc(C)c(C)c3)C2c2ccc(O)c(OCC)c2)cc1. The number of aryl methyl sites for hydroxylation is 2. The quantitative estimate of drug-likeness (QED) is 0.262. The van der Waals surface area contributed by atoms with Crippen LogP contribution in [0.3, 0.4) is 0 Å². The van der Waals surface area contributed by atoms with Crippen LogP contribution in [0.2, 0.25) is 0 Å². The number of phenols is 1. The van der Waals surface area contributed by atoms with Gasteiger partial charge >= 0.3 is 0 Å². The maximum Gasteiger partial charge on any atom is 0.300 e. The standard InChI is InChI=1S/C29H29NO6/c1-5-35-22-12-10-21(11-13-22)30-26(19-9-14-23(31)24(16-19)36-6-2)25(28(33)29(30)34)27(32)20-8-7-17(3)18(4)15-20/h7-16,26,31-32H,5-6H2,1-4H3/b27-25-. The molecule has 1 aliphatic rings. The van der Waals surface area contributed by atoms with Crippen molar-refractivity contribution in [3.8, 4) is 17.2 Å². The Balaban J connectivity index is 1.93. The molecule has 0 spiro atoms. The fraction of sp³-hybridized carbons (Fsp3) is 0.241. The normalized spacial score (nSPS) is 16.9. The Kier molecular flexibility index (Phi) is 7.01. The Bertz CT molecular complexity index is 1340. The number of phenolic OH excluding ortho intramolecular Hbond substituents is 1. The molecule has 36 heavy (non-hydrogen) atoms. The van der Waals surface area contributed by atoms with Crippen LogP contribution >= 0.6 is 0 Å². The highest BCUT2D eigenvalue weighted by Crippen LogP contribution is 2.44. The van der Waals surface area contributed by atoms with Gasteiger partial charge in [-0.25, -0.2) is 0 Å². The van der Waals surface area contributed by atoms with Crippen LogP contribution in [0.5, 0.6) is 17.2 Å². The maximum absolute atomic E-state index is 13.4. The lowest BCUT2D eigenvalue weighted by molar-refractivity contribution is -0.132. The Morgan fingerprint density at radius 3 is 2.22 bits per heavy atom. The van der Waals surface area contributed by atoms with E-state index in [4.69, 9.17) is 9.47 Å². The molecule has 7 heteroatoms. The predicted octanol–water partition coefficient (Wildman–Crippen LogP) is 5.43. The number of benzene rings is 3. The van der Waals surface area contributed by atoms with Crippen LogP contribution in [0, 0.1) is 13.8 Å². The van der Waals surface area contributed by atoms with E-state index >= 15 is 0 Å². The zero-order valence-corrected chi connectivity index (χ0v) is 20.7. The van der Waals surface area contributed by atoms with Crippen molar-refractivity contribution >= 4 is 23.1 Å². The molecule has 3 aromatic carbocycles. The summed E-state index contributed by atoms with van der Waals surface area (Å²) in [5, 5.41) is 21.6. The van der Waals surface area contributed by atoms with Crippen molar-refractivity contribution in [3.63, 3.8) is 0 Å². The summed E-state index contributed by atoms with van der Waals surface area (Å²) in [6.07, 6.45) is 0. The zero-order valence-electron chi connectivity index (χ0n) is 20.7. The van der Waals surface area contributed by atoms with Crippen molar-refractivity contribution in [2.75, 3.05) is 18.1 Å². The molecule has 0 bridgehead atoms. The third-order valence-corrected chi connectivity index (χ3v) is 6.25. The second kappa shape index (κ2) is 10.2. The van der Waals surface area contributed by atoms with E-state index in [1.165, 1.54) is 11.0 Å². The minimum Gasteiger partial charge on any atom is -0.507 e. The van der Waals surface area contributed by atoms with Gasteiger partial charge in [-0.3, -0.25) is 14.5 Å². The van der Waals surface area contributed by atoms with Gasteiger partial charge in [-0.1, -0.05) is 18.2 Å². The molecule has 1 atom stereocenters. The summed E-state index contributed by atoms with van der Waals surface area (Å²) in [4.78, 5) is 28.1. The molecule has 1 saturated heterocycles. The number of aromatic hydroxyl groups is 1. The number of aliphatic hydroxyl groups excluding tert-OH is 1. The van der Waals surface area contributed by atoms with Crippen molar-refractivity contribution in [1.29, 1.82) is 0 Å². The van der Waals surface area contributed by atoms with E-state index in [2.05, 4.69) is 0 Å². The average Bonchev–Trinajstić information content (AvgIpc) is 3.13. The zero-order chi connectivity index (χ0) is 26.0. The van der Waals surface area contributed by atoms with E-state index in [9.17, 15) is 19.8 Å². The molecule has 0 radical (unpaired) electrons. The van der Waals surface area contributed by atoms with Crippen LogP contribution in [-0.2, 0) is 9.59 Å². The first kappa shape index (κ1) is 24.9. The largest absolute Gasteiger partial charge is 0.507 e. The first-order valence-electron chi connectivity index (χ1n) is 11.8. The maximum atomic E-state index is 13.4. The number of ether oxygens (including phenoxy) is 2. The molecule has 1 amide bonds. The summed E-state index contributed by atoms with van der Waals surface area (Å²) >= 11 is 0. The number of nitrogens with zero attached hydrogens (tertiary/aromatic N) is 1. The molecular formula is C29H29NO6.